The van der Waals surface area contributed by atoms with Gasteiger partial charge in [0.05, 0.1) is 6.04 Å². The summed E-state index contributed by atoms with van der Waals surface area (Å²) in [6, 6.07) is 7.75. The van der Waals surface area contributed by atoms with E-state index in [1.807, 2.05) is 31.2 Å². The Balaban J connectivity index is 2.91. The van der Waals surface area contributed by atoms with E-state index < -0.39 is 0 Å². The zero-order chi connectivity index (χ0) is 9.68. The van der Waals surface area contributed by atoms with Gasteiger partial charge >= 0.3 is 0 Å². The SMILES string of the molecule is CC[C@H](N=C=O)c1ccc(Br)cc1. The maximum absolute atomic E-state index is 10.1. The van der Waals surface area contributed by atoms with Crippen molar-refractivity contribution in [2.45, 2.75) is 19.4 Å². The van der Waals surface area contributed by atoms with Crippen LogP contribution < -0.4 is 0 Å². The quantitative estimate of drug-likeness (QED) is 0.589. The molecular formula is C10H10BrNO. The Morgan fingerprint density at radius 3 is 2.54 bits per heavy atom. The molecule has 0 aliphatic rings. The summed E-state index contributed by atoms with van der Waals surface area (Å²) < 4.78 is 1.03. The molecule has 0 aliphatic carbocycles. The highest BCUT2D eigenvalue weighted by atomic mass is 79.9. The average molecular weight is 240 g/mol. The summed E-state index contributed by atoms with van der Waals surface area (Å²) in [7, 11) is 0. The summed E-state index contributed by atoms with van der Waals surface area (Å²) in [5.74, 6) is 0. The Labute approximate surface area is 85.8 Å². The molecule has 2 nitrogen and oxygen atoms in total. The van der Waals surface area contributed by atoms with Crippen LogP contribution in [0.3, 0.4) is 0 Å². The van der Waals surface area contributed by atoms with E-state index in [1.165, 1.54) is 0 Å². The van der Waals surface area contributed by atoms with Crippen LogP contribution >= 0.6 is 15.9 Å². The number of rotatable bonds is 3. The average Bonchev–Trinajstić information content (AvgIpc) is 2.16. The predicted octanol–water partition coefficient (Wildman–Crippen LogP) is 3.24. The zero-order valence-corrected chi connectivity index (χ0v) is 8.91. The molecule has 1 aromatic rings. The van der Waals surface area contributed by atoms with Gasteiger partial charge in [-0.05, 0) is 24.1 Å². The van der Waals surface area contributed by atoms with Crippen molar-refractivity contribution >= 4 is 22.0 Å². The Kier molecular flexibility index (Phi) is 3.87. The van der Waals surface area contributed by atoms with E-state index in [4.69, 9.17) is 0 Å². The predicted molar refractivity (Wildman–Crippen MR) is 55.3 cm³/mol. The number of nitrogens with zero attached hydrogens (tertiary/aromatic N) is 1. The number of isocyanates is 1. The summed E-state index contributed by atoms with van der Waals surface area (Å²) in [6.07, 6.45) is 2.41. The van der Waals surface area contributed by atoms with Crippen LogP contribution in [-0.4, -0.2) is 6.08 Å². The summed E-state index contributed by atoms with van der Waals surface area (Å²) in [4.78, 5) is 13.8. The second-order valence-corrected chi connectivity index (χ2v) is 3.61. The molecule has 1 atom stereocenters. The highest BCUT2D eigenvalue weighted by molar-refractivity contribution is 9.10. The van der Waals surface area contributed by atoms with E-state index in [2.05, 4.69) is 20.9 Å². The minimum Gasteiger partial charge on any atom is -0.211 e. The molecule has 0 aliphatic heterocycles. The van der Waals surface area contributed by atoms with E-state index in [1.54, 1.807) is 6.08 Å². The first kappa shape index (κ1) is 10.2. The van der Waals surface area contributed by atoms with Crippen LogP contribution in [0.2, 0.25) is 0 Å². The van der Waals surface area contributed by atoms with Crippen molar-refractivity contribution in [2.75, 3.05) is 0 Å². The molecule has 0 bridgehead atoms. The summed E-state index contributed by atoms with van der Waals surface area (Å²) in [6.45, 7) is 1.99. The number of halogens is 1. The van der Waals surface area contributed by atoms with Crippen LogP contribution in [0.5, 0.6) is 0 Å². The van der Waals surface area contributed by atoms with Crippen LogP contribution in [0.25, 0.3) is 0 Å². The second-order valence-electron chi connectivity index (χ2n) is 2.70. The molecule has 0 aromatic heterocycles. The van der Waals surface area contributed by atoms with Gasteiger partial charge in [0.1, 0.15) is 0 Å². The summed E-state index contributed by atoms with van der Waals surface area (Å²) in [5.41, 5.74) is 1.05. The van der Waals surface area contributed by atoms with Crippen molar-refractivity contribution in [3.8, 4) is 0 Å². The Hall–Kier alpha value is -0.920. The smallest absolute Gasteiger partial charge is 0.211 e. The Bertz CT molecular complexity index is 314. The molecule has 0 heterocycles. The molecule has 0 amide bonds. The van der Waals surface area contributed by atoms with Gasteiger partial charge in [-0.2, -0.15) is 4.99 Å². The minimum absolute atomic E-state index is 0.0504. The molecule has 0 spiro atoms. The third-order valence-electron chi connectivity index (χ3n) is 1.85. The molecule has 0 fully saturated rings. The van der Waals surface area contributed by atoms with Gasteiger partial charge in [-0.1, -0.05) is 35.0 Å². The third-order valence-corrected chi connectivity index (χ3v) is 2.38. The van der Waals surface area contributed by atoms with Crippen LogP contribution in [0.1, 0.15) is 24.9 Å². The molecular weight excluding hydrogens is 230 g/mol. The molecule has 1 rings (SSSR count). The molecule has 0 radical (unpaired) electrons. The Morgan fingerprint density at radius 2 is 2.08 bits per heavy atom. The largest absolute Gasteiger partial charge is 0.235 e. The molecule has 68 valence electrons. The van der Waals surface area contributed by atoms with E-state index in [0.717, 1.165) is 16.5 Å². The van der Waals surface area contributed by atoms with E-state index in [-0.39, 0.29) is 6.04 Å². The first-order valence-corrected chi connectivity index (χ1v) is 4.89. The van der Waals surface area contributed by atoms with Gasteiger partial charge in [-0.25, -0.2) is 4.79 Å². The van der Waals surface area contributed by atoms with Crippen LogP contribution in [0, 0.1) is 0 Å². The fourth-order valence-corrected chi connectivity index (χ4v) is 1.41. The van der Waals surface area contributed by atoms with Crippen molar-refractivity contribution in [2.24, 2.45) is 4.99 Å². The van der Waals surface area contributed by atoms with E-state index in [0.29, 0.717) is 0 Å². The lowest BCUT2D eigenvalue weighted by molar-refractivity contribution is 0.556. The highest BCUT2D eigenvalue weighted by Gasteiger charge is 2.05. The molecule has 13 heavy (non-hydrogen) atoms. The van der Waals surface area contributed by atoms with Gasteiger partial charge in [0.15, 0.2) is 0 Å². The van der Waals surface area contributed by atoms with Crippen molar-refractivity contribution in [3.05, 3.63) is 34.3 Å². The van der Waals surface area contributed by atoms with Crippen LogP contribution in [0.4, 0.5) is 0 Å². The van der Waals surface area contributed by atoms with Gasteiger partial charge in [0, 0.05) is 4.47 Å². The summed E-state index contributed by atoms with van der Waals surface area (Å²) >= 11 is 3.35. The third kappa shape index (κ3) is 2.79. The number of aliphatic imine (C=N–C) groups is 1. The van der Waals surface area contributed by atoms with Crippen LogP contribution in [0.15, 0.2) is 33.7 Å². The lowest BCUT2D eigenvalue weighted by Gasteiger charge is -2.07. The maximum atomic E-state index is 10.1. The van der Waals surface area contributed by atoms with Gasteiger partial charge < -0.3 is 0 Å². The normalized spacial score (nSPS) is 11.8. The number of hydrogen-bond donors (Lipinski definition) is 0. The van der Waals surface area contributed by atoms with E-state index >= 15 is 0 Å². The lowest BCUT2D eigenvalue weighted by atomic mass is 10.1. The van der Waals surface area contributed by atoms with Crippen molar-refractivity contribution in [3.63, 3.8) is 0 Å². The van der Waals surface area contributed by atoms with Gasteiger partial charge in [-0.3, -0.25) is 0 Å². The Morgan fingerprint density at radius 1 is 1.46 bits per heavy atom. The fraction of sp³-hybridized carbons (Fsp3) is 0.300. The fourth-order valence-electron chi connectivity index (χ4n) is 1.15. The number of benzene rings is 1. The topological polar surface area (TPSA) is 29.4 Å². The number of hydrogen-bond acceptors (Lipinski definition) is 2. The summed E-state index contributed by atoms with van der Waals surface area (Å²) in [5, 5.41) is 0. The molecule has 1 aromatic carbocycles. The van der Waals surface area contributed by atoms with Crippen molar-refractivity contribution in [1.29, 1.82) is 0 Å². The van der Waals surface area contributed by atoms with Gasteiger partial charge in [0.2, 0.25) is 6.08 Å². The maximum Gasteiger partial charge on any atom is 0.235 e. The first-order valence-electron chi connectivity index (χ1n) is 4.10. The van der Waals surface area contributed by atoms with Crippen LogP contribution in [-0.2, 0) is 4.79 Å². The molecule has 0 saturated heterocycles. The highest BCUT2D eigenvalue weighted by Crippen LogP contribution is 2.22. The number of carbonyl (C=O) groups excluding carboxylic acids is 1. The molecule has 3 heteroatoms. The lowest BCUT2D eigenvalue weighted by Crippen LogP contribution is -1.92. The van der Waals surface area contributed by atoms with Crippen molar-refractivity contribution in [1.82, 2.24) is 0 Å². The van der Waals surface area contributed by atoms with E-state index in [9.17, 15) is 4.79 Å². The monoisotopic (exact) mass is 239 g/mol. The minimum atomic E-state index is -0.0504. The van der Waals surface area contributed by atoms with Crippen molar-refractivity contribution < 1.29 is 4.79 Å². The molecule has 0 N–H and O–H groups in total. The molecule has 0 unspecified atom stereocenters. The second kappa shape index (κ2) is 4.95. The van der Waals surface area contributed by atoms with Gasteiger partial charge in [0.25, 0.3) is 0 Å². The standard InChI is InChI=1S/C10H10BrNO/c1-2-10(12-7-13)8-3-5-9(11)6-4-8/h3-6,10H,2H2,1H3/t10-/m0/s1. The first-order chi connectivity index (χ1) is 6.27. The zero-order valence-electron chi connectivity index (χ0n) is 7.33. The molecule has 0 saturated carbocycles. The van der Waals surface area contributed by atoms with Gasteiger partial charge in [-0.15, -0.1) is 0 Å².